The lowest BCUT2D eigenvalue weighted by Crippen LogP contribution is -2.21. The number of hydrogen-bond donors (Lipinski definition) is 0. The third-order valence-corrected chi connectivity index (χ3v) is 2.26. The molecule has 0 radical (unpaired) electrons. The Morgan fingerprint density at radius 2 is 2.07 bits per heavy atom. The Morgan fingerprint density at radius 1 is 1.40 bits per heavy atom. The summed E-state index contributed by atoms with van der Waals surface area (Å²) in [6.45, 7) is 1.35. The summed E-state index contributed by atoms with van der Waals surface area (Å²) in [5.74, 6) is -1.71. The van der Waals surface area contributed by atoms with Gasteiger partial charge in [0.25, 0.3) is 0 Å². The number of halogens is 1. The highest BCUT2D eigenvalue weighted by Gasteiger charge is 2.26. The number of hydrogen-bond acceptors (Lipinski definition) is 3. The van der Waals surface area contributed by atoms with Gasteiger partial charge in [0.15, 0.2) is 0 Å². The first-order valence-corrected chi connectivity index (χ1v) is 4.77. The summed E-state index contributed by atoms with van der Waals surface area (Å²) in [5, 5.41) is 0.489. The van der Waals surface area contributed by atoms with Gasteiger partial charge in [-0.15, -0.1) is 0 Å². The first-order valence-electron chi connectivity index (χ1n) is 4.40. The summed E-state index contributed by atoms with van der Waals surface area (Å²) in [4.78, 5) is 22.7. The lowest BCUT2D eigenvalue weighted by Gasteiger charge is -2.11. The molecule has 0 saturated carbocycles. The molecule has 1 aromatic rings. The number of ketones is 1. The van der Waals surface area contributed by atoms with E-state index in [-0.39, 0.29) is 5.78 Å². The molecule has 3 nitrogen and oxygen atoms in total. The zero-order valence-corrected chi connectivity index (χ0v) is 9.25. The molecule has 1 unspecified atom stereocenters. The second-order valence-electron chi connectivity index (χ2n) is 3.12. The summed E-state index contributed by atoms with van der Waals surface area (Å²) in [6.07, 6.45) is 0. The normalized spacial score (nSPS) is 11.9. The third-order valence-electron chi connectivity index (χ3n) is 2.03. The van der Waals surface area contributed by atoms with Crippen LogP contribution in [0.4, 0.5) is 0 Å². The lowest BCUT2D eigenvalue weighted by atomic mass is 9.96. The molecule has 0 aliphatic heterocycles. The quantitative estimate of drug-likeness (QED) is 0.586. The van der Waals surface area contributed by atoms with E-state index in [1.807, 2.05) is 0 Å². The highest BCUT2D eigenvalue weighted by Crippen LogP contribution is 2.21. The van der Waals surface area contributed by atoms with Gasteiger partial charge in [-0.1, -0.05) is 23.7 Å². The highest BCUT2D eigenvalue weighted by molar-refractivity contribution is 6.30. The van der Waals surface area contributed by atoms with Crippen LogP contribution in [-0.4, -0.2) is 18.9 Å². The molecule has 0 bridgehead atoms. The van der Waals surface area contributed by atoms with Gasteiger partial charge in [-0.05, 0) is 24.6 Å². The zero-order valence-electron chi connectivity index (χ0n) is 8.49. The average Bonchev–Trinajstić information content (AvgIpc) is 2.17. The van der Waals surface area contributed by atoms with Crippen LogP contribution in [0.1, 0.15) is 18.4 Å². The summed E-state index contributed by atoms with van der Waals surface area (Å²) in [5.41, 5.74) is 0.557. The number of carbonyl (C=O) groups excluding carboxylic acids is 2. The van der Waals surface area contributed by atoms with Crippen molar-refractivity contribution in [3.63, 3.8) is 0 Å². The Bertz CT molecular complexity index is 387. The van der Waals surface area contributed by atoms with E-state index >= 15 is 0 Å². The molecule has 15 heavy (non-hydrogen) atoms. The monoisotopic (exact) mass is 226 g/mol. The average molecular weight is 227 g/mol. The van der Waals surface area contributed by atoms with Gasteiger partial charge < -0.3 is 4.74 Å². The molecule has 0 heterocycles. The Balaban J connectivity index is 3.10. The van der Waals surface area contributed by atoms with E-state index in [0.29, 0.717) is 10.6 Å². The molecule has 80 valence electrons. The maximum Gasteiger partial charge on any atom is 0.320 e. The number of carbonyl (C=O) groups is 2. The molecule has 0 aromatic heterocycles. The minimum absolute atomic E-state index is 0.260. The lowest BCUT2D eigenvalue weighted by molar-refractivity contribution is -0.145. The van der Waals surface area contributed by atoms with E-state index in [1.54, 1.807) is 24.3 Å². The van der Waals surface area contributed by atoms with E-state index in [9.17, 15) is 9.59 Å². The van der Waals surface area contributed by atoms with Crippen LogP contribution in [-0.2, 0) is 14.3 Å². The van der Waals surface area contributed by atoms with Crippen molar-refractivity contribution >= 4 is 23.4 Å². The summed E-state index contributed by atoms with van der Waals surface area (Å²) in [7, 11) is 1.25. The topological polar surface area (TPSA) is 43.4 Å². The predicted molar refractivity (Wildman–Crippen MR) is 56.9 cm³/mol. The van der Waals surface area contributed by atoms with Crippen LogP contribution in [0.25, 0.3) is 0 Å². The number of rotatable bonds is 3. The van der Waals surface area contributed by atoms with Crippen LogP contribution in [0, 0.1) is 0 Å². The number of esters is 1. The molecule has 0 amide bonds. The molecule has 1 rings (SSSR count). The van der Waals surface area contributed by atoms with Gasteiger partial charge in [0.05, 0.1) is 7.11 Å². The van der Waals surface area contributed by atoms with Gasteiger partial charge >= 0.3 is 5.97 Å². The number of benzene rings is 1. The third kappa shape index (κ3) is 2.80. The standard InChI is InChI=1S/C11H11ClO3/c1-7(13)10(11(14)15-2)8-4-3-5-9(12)6-8/h3-6,10H,1-2H3. The van der Waals surface area contributed by atoms with Crippen molar-refractivity contribution in [3.8, 4) is 0 Å². The van der Waals surface area contributed by atoms with Crippen molar-refractivity contribution in [2.45, 2.75) is 12.8 Å². The molecule has 1 aromatic carbocycles. The number of methoxy groups -OCH3 is 1. The molecule has 0 N–H and O–H groups in total. The SMILES string of the molecule is COC(=O)C(C(C)=O)c1cccc(Cl)c1. The van der Waals surface area contributed by atoms with Gasteiger partial charge in [0.1, 0.15) is 11.7 Å². The van der Waals surface area contributed by atoms with Crippen molar-refractivity contribution in [3.05, 3.63) is 34.9 Å². The summed E-state index contributed by atoms with van der Waals surface area (Å²) < 4.78 is 4.57. The van der Waals surface area contributed by atoms with Crippen molar-refractivity contribution in [1.29, 1.82) is 0 Å². The number of ether oxygens (including phenoxy) is 1. The molecular formula is C11H11ClO3. The molecule has 0 saturated heterocycles. The molecule has 0 aliphatic carbocycles. The van der Waals surface area contributed by atoms with E-state index < -0.39 is 11.9 Å². The van der Waals surface area contributed by atoms with Crippen molar-refractivity contribution in [1.82, 2.24) is 0 Å². The minimum atomic E-state index is -0.881. The van der Waals surface area contributed by atoms with Gasteiger partial charge in [-0.2, -0.15) is 0 Å². The molecule has 1 atom stereocenters. The van der Waals surface area contributed by atoms with Crippen LogP contribution in [0.3, 0.4) is 0 Å². The van der Waals surface area contributed by atoms with Crippen LogP contribution < -0.4 is 0 Å². The van der Waals surface area contributed by atoms with E-state index in [0.717, 1.165) is 0 Å². The minimum Gasteiger partial charge on any atom is -0.468 e. The van der Waals surface area contributed by atoms with E-state index in [1.165, 1.54) is 14.0 Å². The van der Waals surface area contributed by atoms with Crippen LogP contribution >= 0.6 is 11.6 Å². The van der Waals surface area contributed by atoms with Gasteiger partial charge in [0, 0.05) is 5.02 Å². The summed E-state index contributed by atoms with van der Waals surface area (Å²) in [6, 6.07) is 6.63. The summed E-state index contributed by atoms with van der Waals surface area (Å²) >= 11 is 5.78. The molecule has 0 spiro atoms. The van der Waals surface area contributed by atoms with Gasteiger partial charge in [-0.3, -0.25) is 9.59 Å². The maximum absolute atomic E-state index is 11.4. The first-order chi connectivity index (χ1) is 7.06. The van der Waals surface area contributed by atoms with Crippen molar-refractivity contribution < 1.29 is 14.3 Å². The highest BCUT2D eigenvalue weighted by atomic mass is 35.5. The Labute approximate surface area is 93.0 Å². The fraction of sp³-hybridized carbons (Fsp3) is 0.273. The fourth-order valence-electron chi connectivity index (χ4n) is 1.34. The second-order valence-corrected chi connectivity index (χ2v) is 3.56. The van der Waals surface area contributed by atoms with Crippen molar-refractivity contribution in [2.75, 3.05) is 7.11 Å². The fourth-order valence-corrected chi connectivity index (χ4v) is 1.54. The van der Waals surface area contributed by atoms with Crippen molar-refractivity contribution in [2.24, 2.45) is 0 Å². The maximum atomic E-state index is 11.4. The largest absolute Gasteiger partial charge is 0.468 e. The molecular weight excluding hydrogens is 216 g/mol. The Morgan fingerprint density at radius 3 is 2.53 bits per heavy atom. The Hall–Kier alpha value is -1.35. The predicted octanol–water partition coefficient (Wildman–Crippen LogP) is 2.19. The van der Waals surface area contributed by atoms with Gasteiger partial charge in [0.2, 0.25) is 0 Å². The zero-order chi connectivity index (χ0) is 11.4. The number of Topliss-reactive ketones (excluding diaryl/α,β-unsaturated/α-hetero) is 1. The molecule has 4 heteroatoms. The molecule has 0 aliphatic rings. The first kappa shape index (κ1) is 11.7. The van der Waals surface area contributed by atoms with Crippen LogP contribution in [0.15, 0.2) is 24.3 Å². The van der Waals surface area contributed by atoms with Gasteiger partial charge in [-0.25, -0.2) is 0 Å². The second kappa shape index (κ2) is 4.94. The van der Waals surface area contributed by atoms with Crippen LogP contribution in [0.2, 0.25) is 5.02 Å². The van der Waals surface area contributed by atoms with E-state index in [4.69, 9.17) is 11.6 Å². The smallest absolute Gasteiger partial charge is 0.320 e. The molecule has 0 fully saturated rings. The van der Waals surface area contributed by atoms with E-state index in [2.05, 4.69) is 4.74 Å². The van der Waals surface area contributed by atoms with Crippen LogP contribution in [0.5, 0.6) is 0 Å². The Kier molecular flexibility index (Phi) is 3.86.